The molecule has 3 aliphatic carbocycles. The molecule has 40 heavy (non-hydrogen) atoms. The highest BCUT2D eigenvalue weighted by Crippen LogP contribution is 2.59. The molecule has 2 aliphatic heterocycles. The molecular weight excluding hydrogens is 510 g/mol. The van der Waals surface area contributed by atoms with Crippen molar-refractivity contribution in [1.82, 2.24) is 5.32 Å². The Balaban J connectivity index is 1.13. The summed E-state index contributed by atoms with van der Waals surface area (Å²) in [5.74, 6) is 0.536. The van der Waals surface area contributed by atoms with Crippen LogP contribution in [0.15, 0.2) is 41.5 Å². The van der Waals surface area contributed by atoms with Crippen LogP contribution in [0.25, 0.3) is 6.08 Å². The highest BCUT2D eigenvalue weighted by molar-refractivity contribution is 5.94. The SMILES string of the molecule is CC1(C)CC2C(=Cc3ccc(C(=O)OC4CC(C(=O)NCCO)=CC5OCOC54)cc3)CCC3OC3(C)CCC21. The third-order valence-corrected chi connectivity index (χ3v) is 9.84. The average molecular weight is 552 g/mol. The Morgan fingerprint density at radius 3 is 2.70 bits per heavy atom. The molecule has 0 bridgehead atoms. The summed E-state index contributed by atoms with van der Waals surface area (Å²) in [7, 11) is 0. The largest absolute Gasteiger partial charge is 0.456 e. The summed E-state index contributed by atoms with van der Waals surface area (Å²) in [5.41, 5.74) is 3.95. The van der Waals surface area contributed by atoms with Crippen molar-refractivity contribution < 1.29 is 33.6 Å². The number of nitrogens with one attached hydrogen (secondary N) is 1. The van der Waals surface area contributed by atoms with Gasteiger partial charge in [-0.25, -0.2) is 4.79 Å². The summed E-state index contributed by atoms with van der Waals surface area (Å²) in [6.07, 6.45) is 8.79. The molecule has 2 N–H and O–H groups in total. The van der Waals surface area contributed by atoms with Gasteiger partial charge < -0.3 is 29.4 Å². The Kier molecular flexibility index (Phi) is 7.40. The summed E-state index contributed by atoms with van der Waals surface area (Å²) >= 11 is 0. The van der Waals surface area contributed by atoms with Gasteiger partial charge in [0.1, 0.15) is 25.1 Å². The van der Waals surface area contributed by atoms with Crippen LogP contribution in [0.1, 0.15) is 75.2 Å². The fourth-order valence-electron chi connectivity index (χ4n) is 7.35. The van der Waals surface area contributed by atoms with E-state index in [1.807, 2.05) is 24.3 Å². The number of carbonyl (C=O) groups is 2. The minimum Gasteiger partial charge on any atom is -0.456 e. The quantitative estimate of drug-likeness (QED) is 0.404. The molecule has 4 fully saturated rings. The molecule has 1 aromatic rings. The van der Waals surface area contributed by atoms with Crippen molar-refractivity contribution in [2.45, 2.75) is 89.3 Å². The van der Waals surface area contributed by atoms with Crippen LogP contribution in [0.2, 0.25) is 0 Å². The highest BCUT2D eigenvalue weighted by Gasteiger charge is 2.56. The zero-order chi connectivity index (χ0) is 28.1. The van der Waals surface area contributed by atoms with E-state index < -0.39 is 24.3 Å². The maximum absolute atomic E-state index is 13.1. The van der Waals surface area contributed by atoms with Crippen LogP contribution < -0.4 is 5.32 Å². The average Bonchev–Trinajstić information content (AvgIpc) is 3.31. The van der Waals surface area contributed by atoms with Gasteiger partial charge in [0.05, 0.1) is 23.9 Å². The number of hydrogen-bond acceptors (Lipinski definition) is 7. The van der Waals surface area contributed by atoms with Gasteiger partial charge in [0, 0.05) is 18.5 Å². The Morgan fingerprint density at radius 2 is 1.95 bits per heavy atom. The maximum Gasteiger partial charge on any atom is 0.338 e. The van der Waals surface area contributed by atoms with Gasteiger partial charge in [-0.05, 0) is 80.1 Å². The van der Waals surface area contributed by atoms with Crippen LogP contribution in [0.3, 0.4) is 0 Å². The van der Waals surface area contributed by atoms with E-state index in [0.29, 0.717) is 34.5 Å². The molecule has 1 aromatic carbocycles. The van der Waals surface area contributed by atoms with E-state index in [9.17, 15) is 9.59 Å². The van der Waals surface area contributed by atoms with Crippen LogP contribution in [0.4, 0.5) is 0 Å². The summed E-state index contributed by atoms with van der Waals surface area (Å²) in [6, 6.07) is 7.59. The normalized spacial score (nSPS) is 36.9. The highest BCUT2D eigenvalue weighted by atomic mass is 16.7. The molecule has 8 nitrogen and oxygen atoms in total. The molecule has 7 unspecified atom stereocenters. The fourth-order valence-corrected chi connectivity index (χ4v) is 7.35. The fraction of sp³-hybridized carbons (Fsp3) is 0.625. The predicted molar refractivity (Wildman–Crippen MR) is 148 cm³/mol. The van der Waals surface area contributed by atoms with E-state index in [4.69, 9.17) is 24.1 Å². The number of allylic oxidation sites excluding steroid dienone is 1. The number of aliphatic hydroxyl groups is 1. The van der Waals surface area contributed by atoms with Crippen molar-refractivity contribution >= 4 is 18.0 Å². The molecule has 0 spiro atoms. The first-order chi connectivity index (χ1) is 19.2. The molecule has 2 saturated heterocycles. The van der Waals surface area contributed by atoms with Gasteiger partial charge in [-0.3, -0.25) is 4.79 Å². The second kappa shape index (κ2) is 10.7. The number of aliphatic hydroxyl groups excluding tert-OH is 1. The minimum absolute atomic E-state index is 0.0709. The monoisotopic (exact) mass is 551 g/mol. The number of rotatable bonds is 6. The second-order valence-corrected chi connectivity index (χ2v) is 12.9. The first-order valence-corrected chi connectivity index (χ1v) is 14.7. The van der Waals surface area contributed by atoms with E-state index in [1.165, 1.54) is 18.4 Å². The topological polar surface area (TPSA) is 107 Å². The number of epoxide rings is 1. The standard InChI is InChI=1S/C32H41NO7/c1-31(2)17-23-21(8-9-27-32(3,40-27)11-10-24(23)31)14-19-4-6-20(7-5-19)30(36)39-26-16-22(29(35)33-12-13-34)15-25-28(26)38-18-37-25/h4-7,14-15,23-28,34H,8-13,16-18H2,1-3H3,(H,33,35). The van der Waals surface area contributed by atoms with Crippen molar-refractivity contribution in [2.24, 2.45) is 17.3 Å². The number of hydrogen-bond donors (Lipinski definition) is 2. The Labute approximate surface area is 236 Å². The van der Waals surface area contributed by atoms with Crippen molar-refractivity contribution in [3.05, 3.63) is 52.6 Å². The molecule has 7 atom stereocenters. The lowest BCUT2D eigenvalue weighted by Crippen LogP contribution is -2.45. The molecule has 8 heteroatoms. The van der Waals surface area contributed by atoms with E-state index in [2.05, 4.69) is 32.2 Å². The number of carbonyl (C=O) groups excluding carboxylic acids is 2. The van der Waals surface area contributed by atoms with Crippen LogP contribution in [0.5, 0.6) is 0 Å². The van der Waals surface area contributed by atoms with Crippen LogP contribution in [0, 0.1) is 17.3 Å². The van der Waals surface area contributed by atoms with Gasteiger partial charge in [-0.2, -0.15) is 0 Å². The molecule has 0 aromatic heterocycles. The van der Waals surface area contributed by atoms with Crippen molar-refractivity contribution in [2.75, 3.05) is 19.9 Å². The minimum atomic E-state index is -0.644. The predicted octanol–water partition coefficient (Wildman–Crippen LogP) is 4.17. The number of esters is 1. The third-order valence-electron chi connectivity index (χ3n) is 9.84. The van der Waals surface area contributed by atoms with Crippen LogP contribution in [-0.2, 0) is 23.7 Å². The number of amides is 1. The Bertz CT molecular complexity index is 1200. The van der Waals surface area contributed by atoms with Gasteiger partial charge in [0.25, 0.3) is 0 Å². The van der Waals surface area contributed by atoms with Gasteiger partial charge in [0.15, 0.2) is 0 Å². The molecule has 0 radical (unpaired) electrons. The summed E-state index contributed by atoms with van der Waals surface area (Å²) in [6.45, 7) is 7.16. The summed E-state index contributed by atoms with van der Waals surface area (Å²) < 4.78 is 23.2. The first-order valence-electron chi connectivity index (χ1n) is 14.7. The van der Waals surface area contributed by atoms with Crippen molar-refractivity contribution in [3.63, 3.8) is 0 Å². The Hall–Kier alpha value is -2.52. The molecule has 2 heterocycles. The molecule has 1 amide bonds. The van der Waals surface area contributed by atoms with E-state index in [-0.39, 0.29) is 37.9 Å². The summed E-state index contributed by atoms with van der Waals surface area (Å²) in [4.78, 5) is 25.6. The molecule has 216 valence electrons. The number of ether oxygens (including phenoxy) is 4. The molecule has 6 rings (SSSR count). The van der Waals surface area contributed by atoms with Crippen LogP contribution in [-0.4, -0.2) is 66.9 Å². The van der Waals surface area contributed by atoms with Gasteiger partial charge in [-0.15, -0.1) is 0 Å². The molecular formula is C32H41NO7. The first kappa shape index (κ1) is 27.6. The van der Waals surface area contributed by atoms with Gasteiger partial charge in [-0.1, -0.05) is 37.6 Å². The van der Waals surface area contributed by atoms with E-state index in [0.717, 1.165) is 24.8 Å². The number of benzene rings is 1. The van der Waals surface area contributed by atoms with Crippen molar-refractivity contribution in [3.8, 4) is 0 Å². The summed E-state index contributed by atoms with van der Waals surface area (Å²) in [5, 5.41) is 11.7. The number of fused-ring (bicyclic) bond motifs is 3. The van der Waals surface area contributed by atoms with Crippen molar-refractivity contribution in [1.29, 1.82) is 0 Å². The van der Waals surface area contributed by atoms with Gasteiger partial charge >= 0.3 is 5.97 Å². The lowest BCUT2D eigenvalue weighted by molar-refractivity contribution is -0.118. The third kappa shape index (κ3) is 5.39. The smallest absolute Gasteiger partial charge is 0.338 e. The zero-order valence-electron chi connectivity index (χ0n) is 23.7. The Morgan fingerprint density at radius 1 is 1.15 bits per heavy atom. The lowest BCUT2D eigenvalue weighted by atomic mass is 9.52. The maximum atomic E-state index is 13.1. The lowest BCUT2D eigenvalue weighted by Gasteiger charge is -2.53. The van der Waals surface area contributed by atoms with E-state index in [1.54, 1.807) is 6.08 Å². The van der Waals surface area contributed by atoms with Gasteiger partial charge in [0.2, 0.25) is 5.91 Å². The zero-order valence-corrected chi connectivity index (χ0v) is 23.7. The molecule has 2 saturated carbocycles. The van der Waals surface area contributed by atoms with E-state index >= 15 is 0 Å². The van der Waals surface area contributed by atoms with Crippen LogP contribution >= 0.6 is 0 Å². The second-order valence-electron chi connectivity index (χ2n) is 12.9. The molecule has 5 aliphatic rings.